The van der Waals surface area contributed by atoms with Crippen LogP contribution in [0.15, 0.2) is 24.5 Å². The van der Waals surface area contributed by atoms with Crippen molar-refractivity contribution in [1.29, 1.82) is 0 Å². The summed E-state index contributed by atoms with van der Waals surface area (Å²) in [6, 6.07) is 3.09. The van der Waals surface area contributed by atoms with Crippen LogP contribution in [0.25, 0.3) is 21.9 Å². The number of nitrogens with zero attached hydrogens (tertiary/aromatic N) is 5. The van der Waals surface area contributed by atoms with E-state index in [9.17, 15) is 4.39 Å². The molecule has 0 radical (unpaired) electrons. The van der Waals surface area contributed by atoms with Crippen molar-refractivity contribution >= 4 is 33.4 Å². The highest BCUT2D eigenvalue weighted by molar-refractivity contribution is 6.14. The zero-order valence-electron chi connectivity index (χ0n) is 19.7. The maximum atomic E-state index is 14.4. The summed E-state index contributed by atoms with van der Waals surface area (Å²) in [7, 11) is 1.80. The van der Waals surface area contributed by atoms with Gasteiger partial charge in [0.2, 0.25) is 0 Å². The number of rotatable bonds is 4. The van der Waals surface area contributed by atoms with Crippen molar-refractivity contribution in [3.8, 4) is 0 Å². The van der Waals surface area contributed by atoms with Crippen LogP contribution in [0.5, 0.6) is 0 Å². The van der Waals surface area contributed by atoms with Gasteiger partial charge in [0.15, 0.2) is 0 Å². The Hall–Kier alpha value is -3.29. The topological polar surface area (TPSA) is 82.6 Å². The van der Waals surface area contributed by atoms with E-state index in [-0.39, 0.29) is 5.82 Å². The fraction of sp³-hybridized carbons (Fsp3) is 0.440. The van der Waals surface area contributed by atoms with Crippen molar-refractivity contribution in [2.45, 2.75) is 46.5 Å². The van der Waals surface area contributed by atoms with Gasteiger partial charge >= 0.3 is 0 Å². The molecule has 2 aliphatic rings. The van der Waals surface area contributed by atoms with Crippen LogP contribution in [0.2, 0.25) is 0 Å². The minimum Gasteiger partial charge on any atom is -0.386 e. The summed E-state index contributed by atoms with van der Waals surface area (Å²) in [6.07, 6.45) is 7.97. The summed E-state index contributed by atoms with van der Waals surface area (Å²) in [6.45, 7) is 7.85. The Kier molecular flexibility index (Phi) is 5.38. The lowest BCUT2D eigenvalue weighted by molar-refractivity contribution is 0.580. The SMILES string of the molecule is CC.CNc1cc(F)cc2c1[nH]c1nc(Cc3cnc(C)nc3)nc(N3CCC4(CC4)C3)c12. The molecule has 0 atom stereocenters. The molecule has 4 heterocycles. The first-order chi connectivity index (χ1) is 16.0. The van der Waals surface area contributed by atoms with Crippen LogP contribution in [-0.4, -0.2) is 45.1 Å². The van der Waals surface area contributed by atoms with E-state index in [0.717, 1.165) is 52.2 Å². The number of aromatic nitrogens is 5. The van der Waals surface area contributed by atoms with Crippen molar-refractivity contribution in [3.05, 3.63) is 47.6 Å². The molecule has 2 fully saturated rings. The molecule has 1 spiro atoms. The van der Waals surface area contributed by atoms with E-state index in [1.54, 1.807) is 13.1 Å². The lowest BCUT2D eigenvalue weighted by Crippen LogP contribution is -2.22. The van der Waals surface area contributed by atoms with Gasteiger partial charge in [0.25, 0.3) is 0 Å². The molecular formula is C25H30FN7. The van der Waals surface area contributed by atoms with Gasteiger partial charge in [-0.3, -0.25) is 0 Å². The standard InChI is InChI=1S/C23H24FN7.C2H6/c1-13-26-10-14(11-27-13)7-18-28-21-19(16-8-15(24)9-17(25-2)20(16)30-21)22(29-18)31-6-5-23(12-31)3-4-23;1-2/h8-11,25H,3-7,12H2,1-2H3,(H,28,29,30);1-2H3. The van der Waals surface area contributed by atoms with Crippen LogP contribution >= 0.6 is 0 Å². The van der Waals surface area contributed by atoms with Crippen molar-refractivity contribution in [2.24, 2.45) is 5.41 Å². The van der Waals surface area contributed by atoms with E-state index in [4.69, 9.17) is 9.97 Å². The maximum Gasteiger partial charge on any atom is 0.144 e. The smallest absolute Gasteiger partial charge is 0.144 e. The molecule has 3 aromatic heterocycles. The van der Waals surface area contributed by atoms with Gasteiger partial charge in [0.1, 0.15) is 28.9 Å². The Bertz CT molecular complexity index is 1310. The Labute approximate surface area is 192 Å². The van der Waals surface area contributed by atoms with E-state index < -0.39 is 0 Å². The van der Waals surface area contributed by atoms with Crippen molar-refractivity contribution < 1.29 is 4.39 Å². The minimum atomic E-state index is -0.273. The molecule has 4 aromatic rings. The summed E-state index contributed by atoms with van der Waals surface area (Å²) < 4.78 is 14.4. The monoisotopic (exact) mass is 447 g/mol. The highest BCUT2D eigenvalue weighted by Gasteiger charge is 2.48. The maximum absolute atomic E-state index is 14.4. The molecule has 1 saturated heterocycles. The average molecular weight is 448 g/mol. The Morgan fingerprint density at radius 1 is 1.12 bits per heavy atom. The molecule has 1 aromatic carbocycles. The first-order valence-corrected chi connectivity index (χ1v) is 11.8. The van der Waals surface area contributed by atoms with Crippen LogP contribution in [-0.2, 0) is 6.42 Å². The summed E-state index contributed by atoms with van der Waals surface area (Å²) >= 11 is 0. The van der Waals surface area contributed by atoms with Crippen LogP contribution in [0.1, 0.15) is 50.3 Å². The van der Waals surface area contributed by atoms with Gasteiger partial charge in [-0.05, 0) is 49.3 Å². The molecule has 0 amide bonds. The molecule has 1 aliphatic heterocycles. The molecule has 0 unspecified atom stereocenters. The normalized spacial score (nSPS) is 16.3. The highest BCUT2D eigenvalue weighted by atomic mass is 19.1. The number of nitrogens with one attached hydrogen (secondary N) is 2. The third kappa shape index (κ3) is 3.87. The number of benzene rings is 1. The minimum absolute atomic E-state index is 0.273. The van der Waals surface area contributed by atoms with Gasteiger partial charge < -0.3 is 15.2 Å². The van der Waals surface area contributed by atoms with Crippen molar-refractivity contribution in [2.75, 3.05) is 30.4 Å². The van der Waals surface area contributed by atoms with Gasteiger partial charge in [0.05, 0.1) is 16.6 Å². The quantitative estimate of drug-likeness (QED) is 0.458. The first-order valence-electron chi connectivity index (χ1n) is 11.8. The number of hydrogen-bond donors (Lipinski definition) is 2. The number of fused-ring (bicyclic) bond motifs is 3. The molecular weight excluding hydrogens is 417 g/mol. The molecule has 33 heavy (non-hydrogen) atoms. The number of halogens is 1. The molecule has 172 valence electrons. The van der Waals surface area contributed by atoms with Gasteiger partial charge in [0, 0.05) is 44.3 Å². The molecule has 1 aliphatic carbocycles. The van der Waals surface area contributed by atoms with E-state index in [1.807, 2.05) is 33.2 Å². The summed E-state index contributed by atoms with van der Waals surface area (Å²) in [5.74, 6) is 2.08. The second-order valence-electron chi connectivity index (χ2n) is 8.92. The van der Waals surface area contributed by atoms with Crippen LogP contribution in [0.4, 0.5) is 15.9 Å². The second kappa shape index (κ2) is 8.24. The number of aryl methyl sites for hydroxylation is 1. The zero-order chi connectivity index (χ0) is 23.2. The van der Waals surface area contributed by atoms with E-state index in [1.165, 1.54) is 25.3 Å². The van der Waals surface area contributed by atoms with Gasteiger partial charge in [-0.2, -0.15) is 0 Å². The van der Waals surface area contributed by atoms with E-state index in [0.29, 0.717) is 23.3 Å². The van der Waals surface area contributed by atoms with E-state index in [2.05, 4.69) is 25.2 Å². The predicted molar refractivity (Wildman–Crippen MR) is 130 cm³/mol. The number of anilines is 2. The van der Waals surface area contributed by atoms with E-state index >= 15 is 0 Å². The highest BCUT2D eigenvalue weighted by Crippen LogP contribution is 2.53. The van der Waals surface area contributed by atoms with Crippen LogP contribution in [0, 0.1) is 18.2 Å². The van der Waals surface area contributed by atoms with Gasteiger partial charge in [-0.25, -0.2) is 24.3 Å². The largest absolute Gasteiger partial charge is 0.386 e. The predicted octanol–water partition coefficient (Wildman–Crippen LogP) is 5.00. The second-order valence-corrected chi connectivity index (χ2v) is 8.92. The summed E-state index contributed by atoms with van der Waals surface area (Å²) in [5, 5.41) is 4.81. The fourth-order valence-electron chi connectivity index (χ4n) is 4.79. The molecule has 7 nitrogen and oxygen atoms in total. The Morgan fingerprint density at radius 3 is 2.55 bits per heavy atom. The van der Waals surface area contributed by atoms with Crippen molar-refractivity contribution in [3.63, 3.8) is 0 Å². The molecule has 2 N–H and O–H groups in total. The number of H-pyrrole nitrogens is 1. The lowest BCUT2D eigenvalue weighted by atomic mass is 10.1. The average Bonchev–Trinajstić information content (AvgIpc) is 3.29. The van der Waals surface area contributed by atoms with Crippen LogP contribution < -0.4 is 10.2 Å². The molecule has 1 saturated carbocycles. The Morgan fingerprint density at radius 2 is 1.88 bits per heavy atom. The van der Waals surface area contributed by atoms with Crippen LogP contribution in [0.3, 0.4) is 0 Å². The van der Waals surface area contributed by atoms with Gasteiger partial charge in [-0.1, -0.05) is 13.8 Å². The third-order valence-electron chi connectivity index (χ3n) is 6.71. The first kappa shape index (κ1) is 21.6. The fourth-order valence-corrected chi connectivity index (χ4v) is 4.79. The molecule has 6 rings (SSSR count). The molecule has 8 heteroatoms. The zero-order valence-corrected chi connectivity index (χ0v) is 19.7. The lowest BCUT2D eigenvalue weighted by Gasteiger charge is -2.19. The van der Waals surface area contributed by atoms with Gasteiger partial charge in [-0.15, -0.1) is 0 Å². The number of aromatic amines is 1. The molecule has 0 bridgehead atoms. The summed E-state index contributed by atoms with van der Waals surface area (Å²) in [5.41, 5.74) is 3.73. The third-order valence-corrected chi connectivity index (χ3v) is 6.71. The Balaban J connectivity index is 0.00000111. The number of hydrogen-bond acceptors (Lipinski definition) is 6. The van der Waals surface area contributed by atoms with Crippen molar-refractivity contribution in [1.82, 2.24) is 24.9 Å². The summed E-state index contributed by atoms with van der Waals surface area (Å²) in [4.78, 5) is 24.2.